The summed E-state index contributed by atoms with van der Waals surface area (Å²) < 4.78 is 36.6. The van der Waals surface area contributed by atoms with E-state index >= 15 is 0 Å². The number of hydrogen-bond acceptors (Lipinski definition) is 9. The van der Waals surface area contributed by atoms with Crippen LogP contribution in [-0.4, -0.2) is 42.1 Å². The summed E-state index contributed by atoms with van der Waals surface area (Å²) >= 11 is 0. The topological polar surface area (TPSA) is 190 Å². The molecule has 3 atom stereocenters. The lowest BCUT2D eigenvalue weighted by molar-refractivity contribution is -0.0242. The van der Waals surface area contributed by atoms with Crippen LogP contribution in [0.4, 0.5) is 5.82 Å². The first-order valence-electron chi connectivity index (χ1n) is 6.48. The van der Waals surface area contributed by atoms with E-state index in [1.54, 1.807) is 5.48 Å². The van der Waals surface area contributed by atoms with Crippen LogP contribution in [0.1, 0.15) is 19.1 Å². The molecule has 24 heavy (non-hydrogen) atoms. The SMILES string of the molecule is O=c1nc(NO)ccn1C1CCC(COP(=O)(O)OP(=O)(O)O)O1. The Labute approximate surface area is 134 Å². The Morgan fingerprint density at radius 1 is 1.38 bits per heavy atom. The van der Waals surface area contributed by atoms with Crippen LogP contribution in [0.3, 0.4) is 0 Å². The van der Waals surface area contributed by atoms with Gasteiger partial charge < -0.3 is 19.4 Å². The van der Waals surface area contributed by atoms with Crippen molar-refractivity contribution in [3.63, 3.8) is 0 Å². The fourth-order valence-corrected chi connectivity index (χ4v) is 3.66. The second-order valence-electron chi connectivity index (χ2n) is 4.74. The van der Waals surface area contributed by atoms with Crippen LogP contribution in [0.5, 0.6) is 0 Å². The molecular formula is C9H15N3O10P2. The summed E-state index contributed by atoms with van der Waals surface area (Å²) in [4.78, 5) is 41.4. The lowest BCUT2D eigenvalue weighted by Crippen LogP contribution is -2.27. The standard InChI is InChI=1S/C9H15N3O10P2/c13-9-10-7(11-14)3-4-12(9)8-2-1-6(21-8)5-20-24(18,19)22-23(15,16)17/h3-4,6,8,14H,1-2,5H2,(H,18,19)(H,10,11,13)(H2,15,16,17). The highest BCUT2D eigenvalue weighted by atomic mass is 31.3. The van der Waals surface area contributed by atoms with Crippen LogP contribution in [0.2, 0.25) is 0 Å². The molecule has 0 saturated carbocycles. The Balaban J connectivity index is 1.93. The maximum atomic E-state index is 11.8. The molecule has 136 valence electrons. The van der Waals surface area contributed by atoms with Crippen molar-refractivity contribution in [2.75, 3.05) is 12.1 Å². The monoisotopic (exact) mass is 387 g/mol. The zero-order chi connectivity index (χ0) is 18.0. The molecule has 0 bridgehead atoms. The molecule has 1 aromatic rings. The van der Waals surface area contributed by atoms with Crippen LogP contribution in [0, 0.1) is 0 Å². The molecule has 1 fully saturated rings. The Morgan fingerprint density at radius 2 is 2.08 bits per heavy atom. The molecule has 0 aromatic carbocycles. The van der Waals surface area contributed by atoms with E-state index < -0.39 is 40.3 Å². The Hall–Kier alpha value is -1.14. The van der Waals surface area contributed by atoms with Crippen molar-refractivity contribution < 1.29 is 42.6 Å². The van der Waals surface area contributed by atoms with Crippen molar-refractivity contribution >= 4 is 21.5 Å². The molecule has 15 heteroatoms. The van der Waals surface area contributed by atoms with Crippen molar-refractivity contribution in [2.24, 2.45) is 0 Å². The number of hydrogen-bond donors (Lipinski definition) is 5. The van der Waals surface area contributed by atoms with Gasteiger partial charge in [-0.2, -0.15) is 9.29 Å². The summed E-state index contributed by atoms with van der Waals surface area (Å²) in [5, 5.41) is 8.66. The highest BCUT2D eigenvalue weighted by Crippen LogP contribution is 2.57. The van der Waals surface area contributed by atoms with Gasteiger partial charge in [-0.1, -0.05) is 0 Å². The Morgan fingerprint density at radius 3 is 2.67 bits per heavy atom. The molecule has 0 spiro atoms. The molecule has 13 nitrogen and oxygen atoms in total. The largest absolute Gasteiger partial charge is 0.481 e. The fraction of sp³-hybridized carbons (Fsp3) is 0.556. The summed E-state index contributed by atoms with van der Waals surface area (Å²) in [6, 6.07) is 1.34. The van der Waals surface area contributed by atoms with Crippen molar-refractivity contribution in [3.8, 4) is 0 Å². The molecule has 1 aliphatic heterocycles. The van der Waals surface area contributed by atoms with E-state index in [9.17, 15) is 13.9 Å². The van der Waals surface area contributed by atoms with Crippen LogP contribution >= 0.6 is 15.6 Å². The fourth-order valence-electron chi connectivity index (χ4n) is 2.04. The van der Waals surface area contributed by atoms with Crippen molar-refractivity contribution in [1.82, 2.24) is 9.55 Å². The van der Waals surface area contributed by atoms with Gasteiger partial charge >= 0.3 is 21.3 Å². The van der Waals surface area contributed by atoms with Crippen LogP contribution in [0.25, 0.3) is 0 Å². The molecule has 2 rings (SSSR count). The summed E-state index contributed by atoms with van der Waals surface area (Å²) in [5.74, 6) is -0.0371. The van der Waals surface area contributed by atoms with E-state index in [0.29, 0.717) is 12.8 Å². The average molecular weight is 387 g/mol. The number of anilines is 1. The number of phosphoric acid groups is 2. The summed E-state index contributed by atoms with van der Waals surface area (Å²) in [7, 11) is -10.1. The molecule has 1 saturated heterocycles. The Bertz CT molecular complexity index is 733. The maximum absolute atomic E-state index is 11.8. The molecule has 1 aromatic heterocycles. The molecule has 0 amide bonds. The van der Waals surface area contributed by atoms with Crippen LogP contribution < -0.4 is 11.2 Å². The van der Waals surface area contributed by atoms with Crippen molar-refractivity contribution in [3.05, 3.63) is 22.7 Å². The zero-order valence-corrected chi connectivity index (χ0v) is 13.7. The van der Waals surface area contributed by atoms with Gasteiger partial charge in [-0.25, -0.2) is 13.9 Å². The summed E-state index contributed by atoms with van der Waals surface area (Å²) in [5.41, 5.74) is 1.05. The van der Waals surface area contributed by atoms with E-state index in [4.69, 9.17) is 24.6 Å². The Kier molecular flexibility index (Phi) is 5.91. The van der Waals surface area contributed by atoms with Gasteiger partial charge in [-0.05, 0) is 18.9 Å². The molecular weight excluding hydrogens is 372 g/mol. The van der Waals surface area contributed by atoms with Crippen LogP contribution in [0.15, 0.2) is 17.1 Å². The zero-order valence-electron chi connectivity index (χ0n) is 12.0. The van der Waals surface area contributed by atoms with Gasteiger partial charge in [-0.3, -0.25) is 19.8 Å². The van der Waals surface area contributed by atoms with E-state index in [0.717, 1.165) is 4.57 Å². The summed E-state index contributed by atoms with van der Waals surface area (Å²) in [6.07, 6.45) is 0.671. The summed E-state index contributed by atoms with van der Waals surface area (Å²) in [6.45, 7) is -0.470. The van der Waals surface area contributed by atoms with E-state index in [1.165, 1.54) is 12.3 Å². The number of phosphoric ester groups is 1. The third kappa shape index (κ3) is 5.45. The van der Waals surface area contributed by atoms with Gasteiger partial charge in [0.15, 0.2) is 5.82 Å². The number of ether oxygens (including phenoxy) is 1. The van der Waals surface area contributed by atoms with Gasteiger partial charge in [0.2, 0.25) is 0 Å². The molecule has 3 unspecified atom stereocenters. The predicted molar refractivity (Wildman–Crippen MR) is 76.0 cm³/mol. The molecule has 0 radical (unpaired) electrons. The second kappa shape index (κ2) is 7.40. The first-order valence-corrected chi connectivity index (χ1v) is 9.51. The van der Waals surface area contributed by atoms with Gasteiger partial charge in [0, 0.05) is 6.20 Å². The van der Waals surface area contributed by atoms with E-state index in [-0.39, 0.29) is 5.82 Å². The quantitative estimate of drug-likeness (QED) is 0.310. The number of rotatable bonds is 7. The first-order chi connectivity index (χ1) is 11.1. The van der Waals surface area contributed by atoms with Crippen molar-refractivity contribution in [2.45, 2.75) is 25.2 Å². The predicted octanol–water partition coefficient (Wildman–Crippen LogP) is -0.0517. The van der Waals surface area contributed by atoms with E-state index in [1.807, 2.05) is 0 Å². The van der Waals surface area contributed by atoms with Gasteiger partial charge in [0.05, 0.1) is 12.7 Å². The maximum Gasteiger partial charge on any atom is 0.481 e. The first kappa shape index (κ1) is 19.2. The average Bonchev–Trinajstić information content (AvgIpc) is 2.91. The highest BCUT2D eigenvalue weighted by Gasteiger charge is 2.35. The lowest BCUT2D eigenvalue weighted by atomic mass is 10.2. The third-order valence-corrected chi connectivity index (χ3v) is 5.12. The van der Waals surface area contributed by atoms with Gasteiger partial charge in [0.25, 0.3) is 0 Å². The van der Waals surface area contributed by atoms with Gasteiger partial charge in [-0.15, -0.1) is 0 Å². The van der Waals surface area contributed by atoms with E-state index in [2.05, 4.69) is 13.8 Å². The minimum absolute atomic E-state index is 0.0371. The lowest BCUT2D eigenvalue weighted by Gasteiger charge is -2.17. The number of nitrogens with one attached hydrogen (secondary N) is 1. The minimum atomic E-state index is -5.18. The molecule has 5 N–H and O–H groups in total. The van der Waals surface area contributed by atoms with Crippen LogP contribution in [-0.2, 0) is 22.7 Å². The minimum Gasteiger partial charge on any atom is -0.352 e. The highest BCUT2D eigenvalue weighted by molar-refractivity contribution is 7.60. The second-order valence-corrected chi connectivity index (χ2v) is 7.57. The molecule has 2 heterocycles. The normalized spacial score (nSPS) is 23.8. The van der Waals surface area contributed by atoms with Crippen molar-refractivity contribution in [1.29, 1.82) is 0 Å². The molecule has 1 aliphatic rings. The van der Waals surface area contributed by atoms with Gasteiger partial charge in [0.1, 0.15) is 6.23 Å². The number of nitrogens with zero attached hydrogens (tertiary/aromatic N) is 2. The number of aromatic nitrogens is 2. The smallest absolute Gasteiger partial charge is 0.352 e. The molecule has 0 aliphatic carbocycles. The third-order valence-electron chi connectivity index (χ3n) is 2.97.